The minimum atomic E-state index is -1.25. The first kappa shape index (κ1) is 24.8. The van der Waals surface area contributed by atoms with E-state index in [1.54, 1.807) is 13.8 Å². The van der Waals surface area contributed by atoms with Crippen LogP contribution in [0, 0.1) is 22.0 Å². The summed E-state index contributed by atoms with van der Waals surface area (Å²) in [6, 6.07) is 3.97. The standard InChI is InChI=1S/C21H24N4O9/c1-11-12(2)19(32-14(4)27)20(34-18(11)13(3)26)33-17-6-5-15(7-16(17)25(29)30)8-31-21(28)24-10-22-9-23-24/h5-7,9-12,18-20H,8H2,1-4H3/t11-,12-,18?,19?,20+/m0/s1. The number of ether oxygens (including phenoxy) is 4. The third-order valence-corrected chi connectivity index (χ3v) is 5.51. The number of nitro groups is 1. The van der Waals surface area contributed by atoms with E-state index in [0.717, 1.165) is 17.3 Å². The maximum absolute atomic E-state index is 12.1. The first-order valence-electron chi connectivity index (χ1n) is 10.4. The number of aromatic nitrogens is 3. The SMILES string of the molecule is CC(=O)OC1[C@H](Oc2ccc(COC(=O)n3cncn3)cc2[N+](=O)[O-])OC(C(C)=O)[C@@H](C)[C@@H]1C. The van der Waals surface area contributed by atoms with E-state index in [1.807, 2.05) is 0 Å². The van der Waals surface area contributed by atoms with E-state index in [2.05, 4.69) is 10.1 Å². The Kier molecular flexibility index (Phi) is 7.56. The van der Waals surface area contributed by atoms with Gasteiger partial charge < -0.3 is 18.9 Å². The van der Waals surface area contributed by atoms with Crippen molar-refractivity contribution in [3.05, 3.63) is 46.5 Å². The number of nitro benzene ring substituents is 1. The zero-order valence-electron chi connectivity index (χ0n) is 18.9. The summed E-state index contributed by atoms with van der Waals surface area (Å²) < 4.78 is 22.9. The molecule has 13 nitrogen and oxygen atoms in total. The average molecular weight is 476 g/mol. The number of carbonyl (C=O) groups is 3. The lowest BCUT2D eigenvalue weighted by molar-refractivity contribution is -0.386. The summed E-state index contributed by atoms with van der Waals surface area (Å²) in [6.07, 6.45) is -1.47. The monoisotopic (exact) mass is 476 g/mol. The summed E-state index contributed by atoms with van der Waals surface area (Å²) >= 11 is 0. The molecule has 0 spiro atoms. The third kappa shape index (κ3) is 5.54. The highest BCUT2D eigenvalue weighted by Crippen LogP contribution is 2.37. The highest BCUT2D eigenvalue weighted by molar-refractivity contribution is 5.81. The molecule has 1 aromatic heterocycles. The zero-order chi connectivity index (χ0) is 25.0. The lowest BCUT2D eigenvalue weighted by Crippen LogP contribution is -2.55. The van der Waals surface area contributed by atoms with Crippen molar-refractivity contribution in [2.75, 3.05) is 0 Å². The molecule has 0 radical (unpaired) electrons. The van der Waals surface area contributed by atoms with Crippen molar-refractivity contribution >= 4 is 23.5 Å². The van der Waals surface area contributed by atoms with E-state index in [0.29, 0.717) is 5.56 Å². The lowest BCUT2D eigenvalue weighted by Gasteiger charge is -2.42. The lowest BCUT2D eigenvalue weighted by atomic mass is 9.82. The Hall–Kier alpha value is -3.87. The molecule has 0 aliphatic carbocycles. The molecule has 1 aliphatic heterocycles. The third-order valence-electron chi connectivity index (χ3n) is 5.51. The van der Waals surface area contributed by atoms with Crippen LogP contribution in [0.5, 0.6) is 5.75 Å². The van der Waals surface area contributed by atoms with Gasteiger partial charge in [0.15, 0.2) is 17.6 Å². The first-order valence-corrected chi connectivity index (χ1v) is 10.4. The number of nitrogens with zero attached hydrogens (tertiary/aromatic N) is 4. The van der Waals surface area contributed by atoms with Crippen LogP contribution in [-0.2, 0) is 30.4 Å². The van der Waals surface area contributed by atoms with E-state index >= 15 is 0 Å². The van der Waals surface area contributed by atoms with Crippen LogP contribution in [0.25, 0.3) is 0 Å². The summed E-state index contributed by atoms with van der Waals surface area (Å²) in [4.78, 5) is 50.3. The molecule has 2 aromatic rings. The summed E-state index contributed by atoms with van der Waals surface area (Å²) in [7, 11) is 0. The van der Waals surface area contributed by atoms with E-state index < -0.39 is 41.2 Å². The Morgan fingerprint density at radius 3 is 2.53 bits per heavy atom. The molecule has 1 saturated heterocycles. The molecule has 1 aliphatic rings. The van der Waals surface area contributed by atoms with Crippen LogP contribution in [0.2, 0.25) is 0 Å². The number of carbonyl (C=O) groups excluding carboxylic acids is 3. The normalized spacial score (nSPS) is 24.2. The molecule has 0 N–H and O–H groups in total. The minimum Gasteiger partial charge on any atom is -0.456 e. The number of ketones is 1. The molecule has 1 fully saturated rings. The maximum atomic E-state index is 12.1. The van der Waals surface area contributed by atoms with Crippen LogP contribution >= 0.6 is 0 Å². The van der Waals surface area contributed by atoms with Gasteiger partial charge in [-0.25, -0.2) is 9.78 Å². The highest BCUT2D eigenvalue weighted by atomic mass is 16.7. The van der Waals surface area contributed by atoms with Crippen molar-refractivity contribution in [3.63, 3.8) is 0 Å². The van der Waals surface area contributed by atoms with E-state index in [9.17, 15) is 24.5 Å². The van der Waals surface area contributed by atoms with Gasteiger partial charge in [-0.15, -0.1) is 5.10 Å². The summed E-state index contributed by atoms with van der Waals surface area (Å²) in [5.74, 6) is -1.60. The molecule has 3 rings (SSSR count). The smallest absolute Gasteiger partial charge is 0.436 e. The molecule has 182 valence electrons. The predicted octanol–water partition coefficient (Wildman–Crippen LogP) is 2.27. The first-order chi connectivity index (χ1) is 16.1. The zero-order valence-corrected chi connectivity index (χ0v) is 18.9. The van der Waals surface area contributed by atoms with Gasteiger partial charge in [-0.2, -0.15) is 4.68 Å². The molecule has 13 heteroatoms. The van der Waals surface area contributed by atoms with Gasteiger partial charge in [0.2, 0.25) is 6.29 Å². The number of esters is 1. The Morgan fingerprint density at radius 1 is 1.21 bits per heavy atom. The second-order valence-corrected chi connectivity index (χ2v) is 7.90. The molecule has 5 atom stereocenters. The molecule has 2 heterocycles. The predicted molar refractivity (Wildman–Crippen MR) is 113 cm³/mol. The summed E-state index contributed by atoms with van der Waals surface area (Å²) in [6.45, 7) is 5.91. The van der Waals surface area contributed by atoms with Crippen LogP contribution < -0.4 is 4.74 Å². The topological polar surface area (TPSA) is 162 Å². The van der Waals surface area contributed by atoms with Gasteiger partial charge in [-0.1, -0.05) is 19.9 Å². The Morgan fingerprint density at radius 2 is 1.94 bits per heavy atom. The van der Waals surface area contributed by atoms with Gasteiger partial charge in [-0.05, 0) is 24.5 Å². The molecule has 0 saturated carbocycles. The fourth-order valence-electron chi connectivity index (χ4n) is 3.62. The molecule has 0 amide bonds. The molecule has 2 unspecified atom stereocenters. The highest BCUT2D eigenvalue weighted by Gasteiger charge is 2.46. The van der Waals surface area contributed by atoms with E-state index in [-0.39, 0.29) is 30.0 Å². The van der Waals surface area contributed by atoms with Gasteiger partial charge >= 0.3 is 17.7 Å². The molecular formula is C21H24N4O9. The summed E-state index contributed by atoms with van der Waals surface area (Å²) in [5.41, 5.74) is -0.109. The molecular weight excluding hydrogens is 452 g/mol. The maximum Gasteiger partial charge on any atom is 0.436 e. The molecule has 1 aromatic carbocycles. The Balaban J connectivity index is 1.82. The second kappa shape index (κ2) is 10.4. The van der Waals surface area contributed by atoms with Crippen LogP contribution in [0.4, 0.5) is 10.5 Å². The minimum absolute atomic E-state index is 0.164. The van der Waals surface area contributed by atoms with Crippen LogP contribution in [0.15, 0.2) is 30.9 Å². The van der Waals surface area contributed by atoms with E-state index in [4.69, 9.17) is 18.9 Å². The van der Waals surface area contributed by atoms with Crippen molar-refractivity contribution in [2.45, 2.75) is 52.8 Å². The number of Topliss-reactive ketones (excluding diaryl/α,β-unsaturated/α-hetero) is 1. The molecule has 34 heavy (non-hydrogen) atoms. The van der Waals surface area contributed by atoms with Gasteiger partial charge in [0.25, 0.3) is 0 Å². The largest absolute Gasteiger partial charge is 0.456 e. The fraction of sp³-hybridized carbons (Fsp3) is 0.476. The molecule has 0 bridgehead atoms. The van der Waals surface area contributed by atoms with Gasteiger partial charge in [-0.3, -0.25) is 19.7 Å². The van der Waals surface area contributed by atoms with Crippen molar-refractivity contribution in [3.8, 4) is 5.75 Å². The van der Waals surface area contributed by atoms with Gasteiger partial charge in [0.05, 0.1) is 4.92 Å². The van der Waals surface area contributed by atoms with Gasteiger partial charge in [0.1, 0.15) is 25.4 Å². The van der Waals surface area contributed by atoms with Crippen molar-refractivity contribution in [2.24, 2.45) is 11.8 Å². The second-order valence-electron chi connectivity index (χ2n) is 7.90. The number of hydrogen-bond acceptors (Lipinski definition) is 11. The van der Waals surface area contributed by atoms with Crippen molar-refractivity contribution in [1.82, 2.24) is 14.8 Å². The van der Waals surface area contributed by atoms with Crippen molar-refractivity contribution < 1.29 is 38.3 Å². The Labute approximate surface area is 194 Å². The fourth-order valence-corrected chi connectivity index (χ4v) is 3.62. The van der Waals surface area contributed by atoms with E-state index in [1.165, 1.54) is 32.0 Å². The number of benzene rings is 1. The summed E-state index contributed by atoms with van der Waals surface area (Å²) in [5, 5.41) is 15.3. The Bertz CT molecular complexity index is 1070. The van der Waals surface area contributed by atoms with Crippen LogP contribution in [0.3, 0.4) is 0 Å². The average Bonchev–Trinajstić information content (AvgIpc) is 3.32. The number of hydrogen-bond donors (Lipinski definition) is 0. The van der Waals surface area contributed by atoms with Crippen molar-refractivity contribution in [1.29, 1.82) is 0 Å². The van der Waals surface area contributed by atoms with Crippen LogP contribution in [0.1, 0.15) is 33.3 Å². The van der Waals surface area contributed by atoms with Crippen LogP contribution in [-0.4, -0.2) is 56.0 Å². The van der Waals surface area contributed by atoms with Gasteiger partial charge in [0, 0.05) is 18.9 Å². The quantitative estimate of drug-likeness (QED) is 0.327. The number of rotatable bonds is 7.